The zero-order valence-electron chi connectivity index (χ0n) is 16.7. The molecule has 4 aromatic rings. The summed E-state index contributed by atoms with van der Waals surface area (Å²) in [6.07, 6.45) is 0. The van der Waals surface area contributed by atoms with E-state index in [2.05, 4.69) is 10.3 Å². The number of amides is 1. The summed E-state index contributed by atoms with van der Waals surface area (Å²) in [4.78, 5) is 30.6. The lowest BCUT2D eigenvalue weighted by Crippen LogP contribution is -2.23. The number of hydrogen-bond acceptors (Lipinski definition) is 6. The molecule has 0 saturated heterocycles. The second kappa shape index (κ2) is 9.13. The van der Waals surface area contributed by atoms with Gasteiger partial charge >= 0.3 is 0 Å². The SMILES string of the molecule is COc1ccc(NC(=O)C(Sc2nc3ccsc3c(=O)n2C)c2ccccc2)cc1Cl. The molecule has 0 spiro atoms. The highest BCUT2D eigenvalue weighted by molar-refractivity contribution is 8.00. The van der Waals surface area contributed by atoms with E-state index in [-0.39, 0.29) is 11.5 Å². The monoisotopic (exact) mass is 471 g/mol. The lowest BCUT2D eigenvalue weighted by molar-refractivity contribution is -0.115. The van der Waals surface area contributed by atoms with Gasteiger partial charge in [-0.1, -0.05) is 53.7 Å². The molecule has 0 saturated carbocycles. The van der Waals surface area contributed by atoms with Gasteiger partial charge in [-0.25, -0.2) is 4.98 Å². The molecule has 2 heterocycles. The van der Waals surface area contributed by atoms with E-state index >= 15 is 0 Å². The molecule has 6 nitrogen and oxygen atoms in total. The molecule has 0 aliphatic rings. The van der Waals surface area contributed by atoms with Crippen molar-refractivity contribution >= 4 is 56.5 Å². The van der Waals surface area contributed by atoms with Crippen LogP contribution in [-0.4, -0.2) is 22.6 Å². The molecular formula is C22H18ClN3O3S2. The van der Waals surface area contributed by atoms with Gasteiger partial charge in [0.15, 0.2) is 5.16 Å². The summed E-state index contributed by atoms with van der Waals surface area (Å²) >= 11 is 8.78. The quantitative estimate of drug-likeness (QED) is 0.312. The predicted octanol–water partition coefficient (Wildman–Crippen LogP) is 5.13. The Labute approximate surface area is 191 Å². The highest BCUT2D eigenvalue weighted by Crippen LogP contribution is 2.36. The predicted molar refractivity (Wildman–Crippen MR) is 127 cm³/mol. The first kappa shape index (κ1) is 21.4. The van der Waals surface area contributed by atoms with Crippen LogP contribution in [0, 0.1) is 0 Å². The smallest absolute Gasteiger partial charge is 0.271 e. The van der Waals surface area contributed by atoms with Gasteiger partial charge in [0.05, 0.1) is 17.6 Å². The Kier molecular flexibility index (Phi) is 6.31. The molecule has 4 rings (SSSR count). The molecule has 31 heavy (non-hydrogen) atoms. The Bertz CT molecular complexity index is 1300. The van der Waals surface area contributed by atoms with E-state index in [1.807, 2.05) is 41.8 Å². The highest BCUT2D eigenvalue weighted by Gasteiger charge is 2.25. The van der Waals surface area contributed by atoms with Gasteiger partial charge in [0, 0.05) is 12.7 Å². The maximum Gasteiger partial charge on any atom is 0.271 e. The van der Waals surface area contributed by atoms with E-state index in [1.165, 1.54) is 34.8 Å². The fourth-order valence-corrected chi connectivity index (χ4v) is 5.16. The summed E-state index contributed by atoms with van der Waals surface area (Å²) in [5.74, 6) is 0.272. The van der Waals surface area contributed by atoms with Crippen LogP contribution < -0.4 is 15.6 Å². The van der Waals surface area contributed by atoms with E-state index < -0.39 is 5.25 Å². The fraction of sp³-hybridized carbons (Fsp3) is 0.136. The van der Waals surface area contributed by atoms with E-state index in [4.69, 9.17) is 16.3 Å². The average molecular weight is 472 g/mol. The number of thioether (sulfide) groups is 1. The van der Waals surface area contributed by atoms with Gasteiger partial charge in [-0.3, -0.25) is 14.2 Å². The molecule has 9 heteroatoms. The molecule has 1 unspecified atom stereocenters. The zero-order chi connectivity index (χ0) is 22.0. The number of anilines is 1. The van der Waals surface area contributed by atoms with Crippen LogP contribution >= 0.6 is 34.7 Å². The summed E-state index contributed by atoms with van der Waals surface area (Å²) in [5, 5.41) is 4.98. The Hall–Kier alpha value is -2.81. The standard InChI is InChI=1S/C22H18ClN3O3S2/c1-26-21(28)19-16(10-11-30-19)25-22(26)31-18(13-6-4-3-5-7-13)20(27)24-14-8-9-17(29-2)15(23)12-14/h3-12,18H,1-2H3,(H,24,27). The number of ether oxygens (including phenoxy) is 1. The van der Waals surface area contributed by atoms with Crippen LogP contribution in [0.1, 0.15) is 10.8 Å². The molecular weight excluding hydrogens is 454 g/mol. The number of hydrogen-bond donors (Lipinski definition) is 1. The van der Waals surface area contributed by atoms with Crippen molar-refractivity contribution in [3.05, 3.63) is 80.9 Å². The third-order valence-corrected chi connectivity index (χ3v) is 7.11. The lowest BCUT2D eigenvalue weighted by atomic mass is 10.1. The molecule has 1 atom stereocenters. The molecule has 1 N–H and O–H groups in total. The minimum atomic E-state index is -0.628. The van der Waals surface area contributed by atoms with Crippen molar-refractivity contribution in [1.82, 2.24) is 9.55 Å². The largest absolute Gasteiger partial charge is 0.495 e. The number of nitrogens with zero attached hydrogens (tertiary/aromatic N) is 2. The average Bonchev–Trinajstić information content (AvgIpc) is 3.24. The molecule has 0 aliphatic heterocycles. The van der Waals surface area contributed by atoms with Crippen LogP contribution in [0.2, 0.25) is 5.02 Å². The van der Waals surface area contributed by atoms with Crippen molar-refractivity contribution in [2.45, 2.75) is 10.4 Å². The number of rotatable bonds is 6. The first-order valence-electron chi connectivity index (χ1n) is 9.28. The number of carbonyl (C=O) groups is 1. The van der Waals surface area contributed by atoms with Crippen molar-refractivity contribution in [1.29, 1.82) is 0 Å². The molecule has 0 radical (unpaired) electrons. The van der Waals surface area contributed by atoms with Crippen LogP contribution in [0.5, 0.6) is 5.75 Å². The van der Waals surface area contributed by atoms with Crippen LogP contribution in [0.15, 0.2) is 69.9 Å². The minimum absolute atomic E-state index is 0.128. The zero-order valence-corrected chi connectivity index (χ0v) is 19.1. The maximum absolute atomic E-state index is 13.3. The third kappa shape index (κ3) is 4.46. The van der Waals surface area contributed by atoms with Crippen LogP contribution in [-0.2, 0) is 11.8 Å². The summed E-state index contributed by atoms with van der Waals surface area (Å²) < 4.78 is 7.25. The molecule has 2 aromatic heterocycles. The number of aromatic nitrogens is 2. The number of methoxy groups -OCH3 is 1. The molecule has 1 amide bonds. The summed E-state index contributed by atoms with van der Waals surface area (Å²) in [6, 6.07) is 16.2. The van der Waals surface area contributed by atoms with Crippen molar-refractivity contribution in [3.8, 4) is 5.75 Å². The Morgan fingerprint density at radius 2 is 2.00 bits per heavy atom. The van der Waals surface area contributed by atoms with Crippen molar-refractivity contribution in [2.75, 3.05) is 12.4 Å². The number of fused-ring (bicyclic) bond motifs is 1. The molecule has 158 valence electrons. The van der Waals surface area contributed by atoms with Crippen molar-refractivity contribution in [3.63, 3.8) is 0 Å². The molecule has 0 bridgehead atoms. The number of thiophene rings is 1. The number of nitrogens with one attached hydrogen (secondary N) is 1. The van der Waals surface area contributed by atoms with Gasteiger partial charge in [-0.05, 0) is 35.2 Å². The normalized spacial score (nSPS) is 12.0. The summed E-state index contributed by atoms with van der Waals surface area (Å²) in [7, 11) is 3.20. The molecule has 2 aromatic carbocycles. The van der Waals surface area contributed by atoms with Crippen LogP contribution in [0.25, 0.3) is 10.2 Å². The van der Waals surface area contributed by atoms with Gasteiger partial charge in [0.25, 0.3) is 5.56 Å². The topological polar surface area (TPSA) is 73.2 Å². The maximum atomic E-state index is 13.3. The minimum Gasteiger partial charge on any atom is -0.495 e. The van der Waals surface area contributed by atoms with E-state index in [1.54, 1.807) is 25.2 Å². The number of halogens is 1. The van der Waals surface area contributed by atoms with Gasteiger partial charge < -0.3 is 10.1 Å². The Balaban J connectivity index is 1.68. The molecule has 0 aliphatic carbocycles. The van der Waals surface area contributed by atoms with E-state index in [0.29, 0.717) is 31.8 Å². The second-order valence-corrected chi connectivity index (χ2v) is 9.04. The highest BCUT2D eigenvalue weighted by atomic mass is 35.5. The van der Waals surface area contributed by atoms with Crippen LogP contribution in [0.4, 0.5) is 5.69 Å². The number of benzene rings is 2. The lowest BCUT2D eigenvalue weighted by Gasteiger charge is -2.18. The summed E-state index contributed by atoms with van der Waals surface area (Å²) in [6.45, 7) is 0. The van der Waals surface area contributed by atoms with Crippen molar-refractivity contribution < 1.29 is 9.53 Å². The first-order valence-corrected chi connectivity index (χ1v) is 11.4. The Morgan fingerprint density at radius 3 is 2.71 bits per heavy atom. The number of carbonyl (C=O) groups excluding carboxylic acids is 1. The van der Waals surface area contributed by atoms with Gasteiger partial charge in [-0.15, -0.1) is 11.3 Å². The van der Waals surface area contributed by atoms with Gasteiger partial charge in [-0.2, -0.15) is 0 Å². The fourth-order valence-electron chi connectivity index (χ4n) is 3.03. The molecule has 0 fully saturated rings. The van der Waals surface area contributed by atoms with E-state index in [9.17, 15) is 9.59 Å². The summed E-state index contributed by atoms with van der Waals surface area (Å²) in [5.41, 5.74) is 1.85. The second-order valence-electron chi connectivity index (χ2n) is 6.64. The van der Waals surface area contributed by atoms with Gasteiger partial charge in [0.1, 0.15) is 15.7 Å². The van der Waals surface area contributed by atoms with Crippen LogP contribution in [0.3, 0.4) is 0 Å². The van der Waals surface area contributed by atoms with E-state index in [0.717, 1.165) is 5.56 Å². The Morgan fingerprint density at radius 1 is 1.23 bits per heavy atom. The van der Waals surface area contributed by atoms with Crippen molar-refractivity contribution in [2.24, 2.45) is 7.05 Å². The third-order valence-electron chi connectivity index (χ3n) is 4.63. The van der Waals surface area contributed by atoms with Gasteiger partial charge in [0.2, 0.25) is 5.91 Å². The first-order chi connectivity index (χ1) is 15.0.